The summed E-state index contributed by atoms with van der Waals surface area (Å²) in [4.78, 5) is 36.3. The molecule has 35 heavy (non-hydrogen) atoms. The number of carbonyl (C=O) groups excluding carboxylic acids is 2. The summed E-state index contributed by atoms with van der Waals surface area (Å²) in [6.45, 7) is 2.06. The largest absolute Gasteiger partial charge is 0.481 e. The van der Waals surface area contributed by atoms with Crippen LogP contribution in [0.1, 0.15) is 60.1 Å². The molecule has 0 bridgehead atoms. The molecule has 1 atom stereocenters. The van der Waals surface area contributed by atoms with Crippen LogP contribution in [-0.4, -0.2) is 46.0 Å². The normalized spacial score (nSPS) is 12.9. The molecule has 0 aliphatic heterocycles. The predicted molar refractivity (Wildman–Crippen MR) is 126 cm³/mol. The van der Waals surface area contributed by atoms with Gasteiger partial charge < -0.3 is 15.2 Å². The molecule has 0 radical (unpaired) electrons. The first-order chi connectivity index (χ1) is 17.0. The number of hydrogen-bond donors (Lipinski definition) is 3. The number of aromatic nitrogens is 2. The molecule has 1 aliphatic rings. The summed E-state index contributed by atoms with van der Waals surface area (Å²) in [5, 5.41) is 21.3. The Morgan fingerprint density at radius 2 is 1.71 bits per heavy atom. The molecule has 182 valence electrons. The van der Waals surface area contributed by atoms with E-state index in [1.54, 1.807) is 0 Å². The summed E-state index contributed by atoms with van der Waals surface area (Å²) in [5.74, 6) is -2.05. The van der Waals surface area contributed by atoms with Gasteiger partial charge >= 0.3 is 12.1 Å². The second-order valence-electron chi connectivity index (χ2n) is 8.32. The van der Waals surface area contributed by atoms with Crippen molar-refractivity contribution in [3.63, 3.8) is 0 Å². The van der Waals surface area contributed by atoms with Crippen molar-refractivity contribution in [2.75, 3.05) is 11.9 Å². The van der Waals surface area contributed by atoms with Crippen molar-refractivity contribution < 1.29 is 28.9 Å². The van der Waals surface area contributed by atoms with E-state index in [2.05, 4.69) is 25.6 Å². The van der Waals surface area contributed by atoms with E-state index in [4.69, 9.17) is 9.84 Å². The molecule has 0 fully saturated rings. The maximum atomic E-state index is 12.6. The number of carboxylic acids is 1. The fourth-order valence-electron chi connectivity index (χ4n) is 4.29. The molecule has 0 saturated carbocycles. The Hall–Kier alpha value is -4.21. The van der Waals surface area contributed by atoms with E-state index in [9.17, 15) is 14.4 Å². The summed E-state index contributed by atoms with van der Waals surface area (Å²) < 4.78 is 10.1. The standard InChI is InChI=1S/C25H26N4O6/c1-2-3-8-15(13-21(30)31)26-24(32)22-23(29-35-28-22)27-25(33)34-14-20-18-11-6-4-9-16(18)17-10-5-7-12-19(17)20/h4-7,9-12,15,20H,2-3,8,13-14H2,1H3,(H,26,32)(H,30,31)(H,27,29,33)/t15-/m1/s1. The SMILES string of the molecule is CCCC[C@H](CC(=O)O)NC(=O)c1nonc1NC(=O)OCC1c2ccccc2-c2ccccc21. The van der Waals surface area contributed by atoms with Crippen LogP contribution in [0.25, 0.3) is 11.1 Å². The Labute approximate surface area is 201 Å². The van der Waals surface area contributed by atoms with Crippen LogP contribution in [-0.2, 0) is 9.53 Å². The number of ether oxygens (including phenoxy) is 1. The summed E-state index contributed by atoms with van der Waals surface area (Å²) in [5.41, 5.74) is 4.10. The molecule has 3 N–H and O–H groups in total. The maximum Gasteiger partial charge on any atom is 0.412 e. The zero-order valence-electron chi connectivity index (χ0n) is 19.2. The van der Waals surface area contributed by atoms with Crippen molar-refractivity contribution in [2.24, 2.45) is 0 Å². The van der Waals surface area contributed by atoms with Gasteiger partial charge in [-0.05, 0) is 39.0 Å². The Morgan fingerprint density at radius 3 is 2.34 bits per heavy atom. The van der Waals surface area contributed by atoms with Gasteiger partial charge in [0.2, 0.25) is 11.5 Å². The average Bonchev–Trinajstić information content (AvgIpc) is 3.43. The van der Waals surface area contributed by atoms with Crippen molar-refractivity contribution >= 4 is 23.8 Å². The van der Waals surface area contributed by atoms with Gasteiger partial charge in [-0.2, -0.15) is 0 Å². The van der Waals surface area contributed by atoms with E-state index in [1.807, 2.05) is 55.5 Å². The number of nitrogens with one attached hydrogen (secondary N) is 2. The summed E-state index contributed by atoms with van der Waals surface area (Å²) in [7, 11) is 0. The van der Waals surface area contributed by atoms with E-state index < -0.39 is 24.0 Å². The highest BCUT2D eigenvalue weighted by molar-refractivity contribution is 5.99. The number of carboxylic acid groups (broad SMARTS) is 1. The van der Waals surface area contributed by atoms with Crippen LogP contribution in [0, 0.1) is 0 Å². The average molecular weight is 479 g/mol. The zero-order chi connectivity index (χ0) is 24.8. The van der Waals surface area contributed by atoms with Gasteiger partial charge in [0.05, 0.1) is 6.42 Å². The highest BCUT2D eigenvalue weighted by Crippen LogP contribution is 2.44. The number of hydrogen-bond acceptors (Lipinski definition) is 7. The van der Waals surface area contributed by atoms with Gasteiger partial charge in [-0.15, -0.1) is 0 Å². The number of benzene rings is 2. The molecule has 10 heteroatoms. The van der Waals surface area contributed by atoms with E-state index >= 15 is 0 Å². The van der Waals surface area contributed by atoms with Crippen molar-refractivity contribution in [1.29, 1.82) is 0 Å². The van der Waals surface area contributed by atoms with Gasteiger partial charge in [0.25, 0.3) is 5.91 Å². The lowest BCUT2D eigenvalue weighted by Crippen LogP contribution is -2.37. The molecule has 2 aromatic carbocycles. The molecule has 4 rings (SSSR count). The number of carbonyl (C=O) groups is 3. The lowest BCUT2D eigenvalue weighted by atomic mass is 9.98. The number of aliphatic carboxylic acids is 1. The molecule has 0 saturated heterocycles. The molecule has 3 aromatic rings. The van der Waals surface area contributed by atoms with Gasteiger partial charge in [-0.1, -0.05) is 68.3 Å². The van der Waals surface area contributed by atoms with E-state index in [0.29, 0.717) is 6.42 Å². The summed E-state index contributed by atoms with van der Waals surface area (Å²) in [6, 6.07) is 15.4. The lowest BCUT2D eigenvalue weighted by molar-refractivity contribution is -0.137. The zero-order valence-corrected chi connectivity index (χ0v) is 19.2. The van der Waals surface area contributed by atoms with Crippen molar-refractivity contribution in [1.82, 2.24) is 15.6 Å². The summed E-state index contributed by atoms with van der Waals surface area (Å²) >= 11 is 0. The Bertz CT molecular complexity index is 1180. The molecule has 0 unspecified atom stereocenters. The smallest absolute Gasteiger partial charge is 0.412 e. The number of rotatable bonds is 10. The van der Waals surface area contributed by atoms with Gasteiger partial charge in [0, 0.05) is 12.0 Å². The fraction of sp³-hybridized carbons (Fsp3) is 0.320. The van der Waals surface area contributed by atoms with Crippen LogP contribution in [0.5, 0.6) is 0 Å². The molecule has 1 heterocycles. The number of unbranched alkanes of at least 4 members (excludes halogenated alkanes) is 1. The van der Waals surface area contributed by atoms with Crippen molar-refractivity contribution in [3.05, 3.63) is 65.4 Å². The topological polar surface area (TPSA) is 144 Å². The van der Waals surface area contributed by atoms with Crippen LogP contribution < -0.4 is 10.6 Å². The number of nitrogens with zero attached hydrogens (tertiary/aromatic N) is 2. The molecule has 0 spiro atoms. The first kappa shape index (κ1) is 23.9. The quantitative estimate of drug-likeness (QED) is 0.393. The van der Waals surface area contributed by atoms with E-state index in [-0.39, 0.29) is 30.5 Å². The lowest BCUT2D eigenvalue weighted by Gasteiger charge is -2.16. The molecule has 10 nitrogen and oxygen atoms in total. The Kier molecular flexibility index (Phi) is 7.39. The fourth-order valence-corrected chi connectivity index (χ4v) is 4.29. The third kappa shape index (κ3) is 5.48. The predicted octanol–water partition coefficient (Wildman–Crippen LogP) is 4.19. The van der Waals surface area contributed by atoms with Crippen LogP contribution in [0.15, 0.2) is 53.2 Å². The van der Waals surface area contributed by atoms with E-state index in [0.717, 1.165) is 35.1 Å². The van der Waals surface area contributed by atoms with Crippen LogP contribution >= 0.6 is 0 Å². The first-order valence-electron chi connectivity index (χ1n) is 11.4. The number of fused-ring (bicyclic) bond motifs is 3. The highest BCUT2D eigenvalue weighted by Gasteiger charge is 2.30. The Morgan fingerprint density at radius 1 is 1.06 bits per heavy atom. The molecule has 1 aromatic heterocycles. The van der Waals surface area contributed by atoms with Crippen molar-refractivity contribution in [2.45, 2.75) is 44.6 Å². The highest BCUT2D eigenvalue weighted by atomic mass is 16.6. The first-order valence-corrected chi connectivity index (χ1v) is 11.4. The maximum absolute atomic E-state index is 12.6. The van der Waals surface area contributed by atoms with Crippen LogP contribution in [0.3, 0.4) is 0 Å². The second kappa shape index (κ2) is 10.8. The third-order valence-corrected chi connectivity index (χ3v) is 5.93. The molecular formula is C25H26N4O6. The number of anilines is 1. The van der Waals surface area contributed by atoms with Crippen molar-refractivity contribution in [3.8, 4) is 11.1 Å². The van der Waals surface area contributed by atoms with Crippen LogP contribution in [0.2, 0.25) is 0 Å². The monoisotopic (exact) mass is 478 g/mol. The Balaban J connectivity index is 1.39. The van der Waals surface area contributed by atoms with Crippen LogP contribution in [0.4, 0.5) is 10.6 Å². The second-order valence-corrected chi connectivity index (χ2v) is 8.32. The summed E-state index contributed by atoms with van der Waals surface area (Å²) in [6.07, 6.45) is 1.05. The third-order valence-electron chi connectivity index (χ3n) is 5.93. The number of amides is 2. The minimum atomic E-state index is -1.03. The molecule has 1 aliphatic carbocycles. The van der Waals surface area contributed by atoms with E-state index in [1.165, 1.54) is 0 Å². The van der Waals surface area contributed by atoms with Gasteiger partial charge in [0.1, 0.15) is 6.61 Å². The minimum absolute atomic E-state index is 0.0877. The minimum Gasteiger partial charge on any atom is -0.481 e. The van der Waals surface area contributed by atoms with Gasteiger partial charge in [-0.25, -0.2) is 9.42 Å². The van der Waals surface area contributed by atoms with Gasteiger partial charge in [0.15, 0.2) is 0 Å². The molecular weight excluding hydrogens is 452 g/mol. The van der Waals surface area contributed by atoms with Gasteiger partial charge in [-0.3, -0.25) is 14.9 Å². The molecule has 2 amide bonds.